The van der Waals surface area contributed by atoms with Crippen LogP contribution < -0.4 is 5.32 Å². The van der Waals surface area contributed by atoms with Crippen molar-refractivity contribution in [1.29, 1.82) is 0 Å². The molecule has 0 atom stereocenters. The predicted octanol–water partition coefficient (Wildman–Crippen LogP) is 0.857. The van der Waals surface area contributed by atoms with Crippen LogP contribution in [0.5, 0.6) is 0 Å². The van der Waals surface area contributed by atoms with Gasteiger partial charge < -0.3 is 10.2 Å². The summed E-state index contributed by atoms with van der Waals surface area (Å²) >= 11 is 0. The molecule has 0 unspecified atom stereocenters. The van der Waals surface area contributed by atoms with Gasteiger partial charge in [-0.3, -0.25) is 14.5 Å². The summed E-state index contributed by atoms with van der Waals surface area (Å²) in [5.74, 6) is 0.202. The molecule has 0 bridgehead atoms. The number of rotatable bonds is 3. The van der Waals surface area contributed by atoms with Gasteiger partial charge in [0.2, 0.25) is 11.8 Å². The Morgan fingerprint density at radius 1 is 1.14 bits per heavy atom. The number of carbonyl (C=O) groups excluding carboxylic acids is 2. The van der Waals surface area contributed by atoms with Crippen LogP contribution in [0.2, 0.25) is 0 Å². The molecule has 118 valence electrons. The standard InChI is InChI=1S/C17H23N3O2/c21-16-13-20(11-8-18-16)17(22)15-6-9-19(10-7-15)12-14-4-2-1-3-5-14/h1-5,15H,6-13H2,(H,18,21). The van der Waals surface area contributed by atoms with Gasteiger partial charge in [0, 0.05) is 25.6 Å². The molecule has 0 radical (unpaired) electrons. The van der Waals surface area contributed by atoms with Gasteiger partial charge in [-0.05, 0) is 31.5 Å². The average Bonchev–Trinajstić information content (AvgIpc) is 2.56. The Kier molecular flexibility index (Phi) is 4.73. The zero-order valence-electron chi connectivity index (χ0n) is 12.8. The predicted molar refractivity (Wildman–Crippen MR) is 84.0 cm³/mol. The molecule has 0 aromatic heterocycles. The summed E-state index contributed by atoms with van der Waals surface area (Å²) in [6.45, 7) is 4.31. The van der Waals surface area contributed by atoms with Crippen LogP contribution in [0.25, 0.3) is 0 Å². The smallest absolute Gasteiger partial charge is 0.239 e. The van der Waals surface area contributed by atoms with Crippen LogP contribution in [0.15, 0.2) is 30.3 Å². The second kappa shape index (κ2) is 6.92. The lowest BCUT2D eigenvalue weighted by molar-refractivity contribution is -0.142. The van der Waals surface area contributed by atoms with Gasteiger partial charge in [-0.2, -0.15) is 0 Å². The van der Waals surface area contributed by atoms with Crippen LogP contribution in [-0.4, -0.2) is 54.3 Å². The molecule has 2 aliphatic rings. The van der Waals surface area contributed by atoms with Crippen molar-refractivity contribution >= 4 is 11.8 Å². The van der Waals surface area contributed by atoms with E-state index in [1.54, 1.807) is 4.90 Å². The van der Waals surface area contributed by atoms with E-state index in [-0.39, 0.29) is 24.3 Å². The maximum absolute atomic E-state index is 12.5. The summed E-state index contributed by atoms with van der Waals surface area (Å²) < 4.78 is 0. The molecule has 2 heterocycles. The van der Waals surface area contributed by atoms with Crippen LogP contribution >= 0.6 is 0 Å². The quantitative estimate of drug-likeness (QED) is 0.901. The normalized spacial score (nSPS) is 20.7. The first-order chi connectivity index (χ1) is 10.7. The lowest BCUT2D eigenvalue weighted by atomic mass is 9.94. The van der Waals surface area contributed by atoms with E-state index in [4.69, 9.17) is 0 Å². The Hall–Kier alpha value is -1.88. The minimum absolute atomic E-state index is 0.0406. The van der Waals surface area contributed by atoms with E-state index >= 15 is 0 Å². The van der Waals surface area contributed by atoms with Crippen molar-refractivity contribution in [2.45, 2.75) is 19.4 Å². The van der Waals surface area contributed by atoms with Gasteiger partial charge in [-0.1, -0.05) is 30.3 Å². The molecule has 0 aliphatic carbocycles. The number of benzene rings is 1. The minimum atomic E-state index is -0.0406. The number of hydrogen-bond donors (Lipinski definition) is 1. The van der Waals surface area contributed by atoms with Gasteiger partial charge >= 0.3 is 0 Å². The molecule has 5 nitrogen and oxygen atoms in total. The van der Waals surface area contributed by atoms with Crippen LogP contribution in [0, 0.1) is 5.92 Å². The highest BCUT2D eigenvalue weighted by Crippen LogP contribution is 2.21. The molecular weight excluding hydrogens is 278 g/mol. The van der Waals surface area contributed by atoms with Crippen molar-refractivity contribution in [2.75, 3.05) is 32.7 Å². The highest BCUT2D eigenvalue weighted by atomic mass is 16.2. The Morgan fingerprint density at radius 3 is 2.55 bits per heavy atom. The van der Waals surface area contributed by atoms with E-state index in [1.807, 2.05) is 6.07 Å². The molecule has 0 spiro atoms. The molecule has 1 N–H and O–H groups in total. The third-order valence-corrected chi connectivity index (χ3v) is 4.54. The van der Waals surface area contributed by atoms with Crippen LogP contribution in [0.1, 0.15) is 18.4 Å². The van der Waals surface area contributed by atoms with E-state index in [1.165, 1.54) is 5.56 Å². The maximum Gasteiger partial charge on any atom is 0.239 e. The third-order valence-electron chi connectivity index (χ3n) is 4.54. The Bertz CT molecular complexity index is 524. The van der Waals surface area contributed by atoms with Gasteiger partial charge in [0.15, 0.2) is 0 Å². The molecule has 5 heteroatoms. The van der Waals surface area contributed by atoms with Crippen LogP contribution in [0.4, 0.5) is 0 Å². The largest absolute Gasteiger partial charge is 0.353 e. The summed E-state index contributed by atoms with van der Waals surface area (Å²) in [4.78, 5) is 28.0. The van der Waals surface area contributed by atoms with Gasteiger partial charge in [0.1, 0.15) is 0 Å². The highest BCUT2D eigenvalue weighted by molar-refractivity contribution is 5.87. The fourth-order valence-electron chi connectivity index (χ4n) is 3.26. The molecule has 2 fully saturated rings. The number of nitrogens with one attached hydrogen (secondary N) is 1. The fourth-order valence-corrected chi connectivity index (χ4v) is 3.26. The van der Waals surface area contributed by atoms with Crippen molar-refractivity contribution in [3.05, 3.63) is 35.9 Å². The molecule has 22 heavy (non-hydrogen) atoms. The zero-order chi connectivity index (χ0) is 15.4. The molecule has 1 aromatic rings. The Morgan fingerprint density at radius 2 is 1.86 bits per heavy atom. The minimum Gasteiger partial charge on any atom is -0.353 e. The van der Waals surface area contributed by atoms with Crippen LogP contribution in [-0.2, 0) is 16.1 Å². The SMILES string of the molecule is O=C1CN(C(=O)C2CCN(Cc3ccccc3)CC2)CCN1. The molecule has 2 saturated heterocycles. The second-order valence-corrected chi connectivity index (χ2v) is 6.15. The van der Waals surface area contributed by atoms with Gasteiger partial charge in [-0.15, -0.1) is 0 Å². The van der Waals surface area contributed by atoms with E-state index in [9.17, 15) is 9.59 Å². The first-order valence-corrected chi connectivity index (χ1v) is 8.04. The monoisotopic (exact) mass is 301 g/mol. The number of carbonyl (C=O) groups is 2. The van der Waals surface area contributed by atoms with Crippen molar-refractivity contribution in [3.63, 3.8) is 0 Å². The highest BCUT2D eigenvalue weighted by Gasteiger charge is 2.30. The Balaban J connectivity index is 1.49. The first-order valence-electron chi connectivity index (χ1n) is 8.04. The van der Waals surface area contributed by atoms with Crippen LogP contribution in [0.3, 0.4) is 0 Å². The molecule has 3 rings (SSSR count). The summed E-state index contributed by atoms with van der Waals surface area (Å²) in [6.07, 6.45) is 1.79. The van der Waals surface area contributed by atoms with Gasteiger partial charge in [0.25, 0.3) is 0 Å². The number of amides is 2. The molecular formula is C17H23N3O2. The summed E-state index contributed by atoms with van der Waals surface area (Å²) in [6, 6.07) is 10.4. The average molecular weight is 301 g/mol. The maximum atomic E-state index is 12.5. The number of nitrogens with zero attached hydrogens (tertiary/aromatic N) is 2. The number of piperazine rings is 1. The topological polar surface area (TPSA) is 52.7 Å². The van der Waals surface area contributed by atoms with Crippen molar-refractivity contribution in [2.24, 2.45) is 5.92 Å². The molecule has 0 saturated carbocycles. The lowest BCUT2D eigenvalue weighted by Crippen LogP contribution is -2.52. The Labute approximate surface area is 131 Å². The lowest BCUT2D eigenvalue weighted by Gasteiger charge is -2.35. The van der Waals surface area contributed by atoms with Gasteiger partial charge in [-0.25, -0.2) is 0 Å². The summed E-state index contributed by atoms with van der Waals surface area (Å²) in [7, 11) is 0. The number of likely N-dealkylation sites (tertiary alicyclic amines) is 1. The number of hydrogen-bond acceptors (Lipinski definition) is 3. The first kappa shape index (κ1) is 15.0. The molecule has 2 aliphatic heterocycles. The van der Waals surface area contributed by atoms with Crippen molar-refractivity contribution in [3.8, 4) is 0 Å². The number of piperidine rings is 1. The fraction of sp³-hybridized carbons (Fsp3) is 0.529. The van der Waals surface area contributed by atoms with E-state index < -0.39 is 0 Å². The van der Waals surface area contributed by atoms with E-state index in [0.29, 0.717) is 13.1 Å². The third kappa shape index (κ3) is 3.65. The van der Waals surface area contributed by atoms with Crippen molar-refractivity contribution < 1.29 is 9.59 Å². The van der Waals surface area contributed by atoms with Crippen molar-refractivity contribution in [1.82, 2.24) is 15.1 Å². The molecule has 2 amide bonds. The zero-order valence-corrected chi connectivity index (χ0v) is 12.8. The summed E-state index contributed by atoms with van der Waals surface area (Å²) in [5.41, 5.74) is 1.32. The summed E-state index contributed by atoms with van der Waals surface area (Å²) in [5, 5.41) is 2.76. The molecule has 1 aromatic carbocycles. The van der Waals surface area contributed by atoms with Gasteiger partial charge in [0.05, 0.1) is 6.54 Å². The second-order valence-electron chi connectivity index (χ2n) is 6.15. The van der Waals surface area contributed by atoms with E-state index in [0.717, 1.165) is 32.5 Å². The van der Waals surface area contributed by atoms with E-state index in [2.05, 4.69) is 34.5 Å².